The van der Waals surface area contributed by atoms with Crippen LogP contribution in [0.2, 0.25) is 0 Å². The summed E-state index contributed by atoms with van der Waals surface area (Å²) in [6, 6.07) is 7.97. The van der Waals surface area contributed by atoms with Crippen molar-refractivity contribution in [2.24, 2.45) is 5.73 Å². The fourth-order valence-electron chi connectivity index (χ4n) is 1.77. The van der Waals surface area contributed by atoms with Crippen LogP contribution in [0, 0.1) is 0 Å². The SMILES string of the molecule is CCCNc1c(C(N)=S)cnc2ccccc12. The number of nitrogens with one attached hydrogen (secondary N) is 1. The zero-order valence-electron chi connectivity index (χ0n) is 9.73. The van der Waals surface area contributed by atoms with E-state index in [1.54, 1.807) is 6.20 Å². The lowest BCUT2D eigenvalue weighted by Crippen LogP contribution is -2.14. The number of fused-ring (bicyclic) bond motifs is 1. The molecule has 0 radical (unpaired) electrons. The van der Waals surface area contributed by atoms with Gasteiger partial charge < -0.3 is 11.1 Å². The topological polar surface area (TPSA) is 50.9 Å². The zero-order valence-corrected chi connectivity index (χ0v) is 10.6. The van der Waals surface area contributed by atoms with Gasteiger partial charge in [-0.1, -0.05) is 37.3 Å². The molecule has 0 aliphatic heterocycles. The first kappa shape index (κ1) is 11.8. The van der Waals surface area contributed by atoms with E-state index in [2.05, 4.69) is 17.2 Å². The number of hydrogen-bond donors (Lipinski definition) is 2. The summed E-state index contributed by atoms with van der Waals surface area (Å²) in [6.45, 7) is 3.01. The highest BCUT2D eigenvalue weighted by molar-refractivity contribution is 7.80. The number of para-hydroxylation sites is 1. The minimum absolute atomic E-state index is 0.377. The lowest BCUT2D eigenvalue weighted by atomic mass is 10.1. The Morgan fingerprint density at radius 3 is 2.88 bits per heavy atom. The normalized spacial score (nSPS) is 10.4. The van der Waals surface area contributed by atoms with Gasteiger partial charge in [0.1, 0.15) is 4.99 Å². The first-order valence-corrected chi connectivity index (χ1v) is 6.06. The maximum Gasteiger partial charge on any atom is 0.107 e. The summed E-state index contributed by atoms with van der Waals surface area (Å²) in [4.78, 5) is 4.74. The number of nitrogens with two attached hydrogens (primary N) is 1. The van der Waals surface area contributed by atoms with Crippen molar-refractivity contribution < 1.29 is 0 Å². The van der Waals surface area contributed by atoms with E-state index in [1.165, 1.54) is 0 Å². The van der Waals surface area contributed by atoms with Crippen molar-refractivity contribution in [3.8, 4) is 0 Å². The van der Waals surface area contributed by atoms with Gasteiger partial charge in [0.2, 0.25) is 0 Å². The highest BCUT2D eigenvalue weighted by Gasteiger charge is 2.09. The van der Waals surface area contributed by atoms with E-state index < -0.39 is 0 Å². The van der Waals surface area contributed by atoms with Crippen molar-refractivity contribution in [3.05, 3.63) is 36.0 Å². The predicted octanol–water partition coefficient (Wildman–Crippen LogP) is 2.69. The summed E-state index contributed by atoms with van der Waals surface area (Å²) in [5.41, 5.74) is 8.48. The van der Waals surface area contributed by atoms with Crippen LogP contribution in [-0.2, 0) is 0 Å². The molecule has 0 spiro atoms. The molecule has 1 heterocycles. The summed E-state index contributed by atoms with van der Waals surface area (Å²) in [5.74, 6) is 0. The summed E-state index contributed by atoms with van der Waals surface area (Å²) in [6.07, 6.45) is 2.79. The van der Waals surface area contributed by atoms with Gasteiger partial charge in [-0.2, -0.15) is 0 Å². The van der Waals surface area contributed by atoms with E-state index in [0.29, 0.717) is 4.99 Å². The molecule has 0 fully saturated rings. The lowest BCUT2D eigenvalue weighted by Gasteiger charge is -2.13. The van der Waals surface area contributed by atoms with Crippen molar-refractivity contribution in [2.45, 2.75) is 13.3 Å². The summed E-state index contributed by atoms with van der Waals surface area (Å²) < 4.78 is 0. The van der Waals surface area contributed by atoms with Crippen LogP contribution in [0.15, 0.2) is 30.5 Å². The van der Waals surface area contributed by atoms with E-state index in [1.807, 2.05) is 24.3 Å². The van der Waals surface area contributed by atoms with Crippen LogP contribution in [0.25, 0.3) is 10.9 Å². The first-order chi connectivity index (χ1) is 8.24. The summed E-state index contributed by atoms with van der Waals surface area (Å²) in [7, 11) is 0. The minimum Gasteiger partial charge on any atom is -0.389 e. The van der Waals surface area contributed by atoms with Gasteiger partial charge in [0.25, 0.3) is 0 Å². The lowest BCUT2D eigenvalue weighted by molar-refractivity contribution is 0.980. The monoisotopic (exact) mass is 245 g/mol. The van der Waals surface area contributed by atoms with Crippen LogP contribution < -0.4 is 11.1 Å². The maximum absolute atomic E-state index is 5.73. The van der Waals surface area contributed by atoms with Gasteiger partial charge in [-0.15, -0.1) is 0 Å². The second kappa shape index (κ2) is 5.10. The van der Waals surface area contributed by atoms with Crippen LogP contribution in [0.4, 0.5) is 5.69 Å². The molecule has 0 unspecified atom stereocenters. The largest absolute Gasteiger partial charge is 0.389 e. The molecule has 4 heteroatoms. The van der Waals surface area contributed by atoms with Crippen molar-refractivity contribution in [2.75, 3.05) is 11.9 Å². The molecule has 1 aromatic heterocycles. The number of aromatic nitrogens is 1. The third-order valence-corrected chi connectivity index (χ3v) is 2.81. The fraction of sp³-hybridized carbons (Fsp3) is 0.231. The van der Waals surface area contributed by atoms with Gasteiger partial charge in [0.15, 0.2) is 0 Å². The van der Waals surface area contributed by atoms with Crippen LogP contribution in [0.5, 0.6) is 0 Å². The molecule has 3 N–H and O–H groups in total. The van der Waals surface area contributed by atoms with Crippen molar-refractivity contribution >= 4 is 33.8 Å². The maximum atomic E-state index is 5.73. The Labute approximate surface area is 106 Å². The molecule has 2 aromatic rings. The van der Waals surface area contributed by atoms with E-state index in [9.17, 15) is 0 Å². The van der Waals surface area contributed by atoms with Gasteiger partial charge in [-0.25, -0.2) is 0 Å². The number of anilines is 1. The number of hydrogen-bond acceptors (Lipinski definition) is 3. The third kappa shape index (κ3) is 2.36. The van der Waals surface area contributed by atoms with E-state index in [4.69, 9.17) is 18.0 Å². The number of thiocarbonyl (C=S) groups is 1. The Bertz CT molecular complexity index is 551. The van der Waals surface area contributed by atoms with E-state index >= 15 is 0 Å². The van der Waals surface area contributed by atoms with Crippen LogP contribution in [0.1, 0.15) is 18.9 Å². The van der Waals surface area contributed by atoms with Gasteiger partial charge in [0, 0.05) is 18.1 Å². The van der Waals surface area contributed by atoms with Gasteiger partial charge in [0.05, 0.1) is 16.8 Å². The van der Waals surface area contributed by atoms with Crippen molar-refractivity contribution in [1.82, 2.24) is 4.98 Å². The second-order valence-electron chi connectivity index (χ2n) is 3.86. The predicted molar refractivity (Wildman–Crippen MR) is 76.4 cm³/mol. The molecule has 0 atom stereocenters. The molecule has 0 aliphatic rings. The molecule has 0 amide bonds. The van der Waals surface area contributed by atoms with Crippen LogP contribution in [-0.4, -0.2) is 16.5 Å². The number of benzene rings is 1. The molecule has 17 heavy (non-hydrogen) atoms. The fourth-order valence-corrected chi connectivity index (χ4v) is 1.92. The molecule has 0 saturated carbocycles. The molecule has 88 valence electrons. The molecule has 0 saturated heterocycles. The Hall–Kier alpha value is -1.68. The smallest absolute Gasteiger partial charge is 0.107 e. The summed E-state index contributed by atoms with van der Waals surface area (Å²) in [5, 5.41) is 4.44. The van der Waals surface area contributed by atoms with Gasteiger partial charge >= 0.3 is 0 Å². The molecule has 2 rings (SSSR count). The Morgan fingerprint density at radius 2 is 2.18 bits per heavy atom. The molecule has 0 bridgehead atoms. The molecular weight excluding hydrogens is 230 g/mol. The van der Waals surface area contributed by atoms with Crippen molar-refractivity contribution in [1.29, 1.82) is 0 Å². The minimum atomic E-state index is 0.377. The number of pyridine rings is 1. The first-order valence-electron chi connectivity index (χ1n) is 5.65. The standard InChI is InChI=1S/C13H15N3S/c1-2-7-15-12-9-5-3-4-6-11(9)16-8-10(12)13(14)17/h3-6,8H,2,7H2,1H3,(H2,14,17)(H,15,16). The molecule has 1 aromatic carbocycles. The highest BCUT2D eigenvalue weighted by Crippen LogP contribution is 2.25. The quantitative estimate of drug-likeness (QED) is 0.813. The molecular formula is C13H15N3S. The van der Waals surface area contributed by atoms with Crippen LogP contribution in [0.3, 0.4) is 0 Å². The Kier molecular flexibility index (Phi) is 3.54. The number of nitrogens with zero attached hydrogens (tertiary/aromatic N) is 1. The van der Waals surface area contributed by atoms with E-state index in [0.717, 1.165) is 35.1 Å². The van der Waals surface area contributed by atoms with Crippen LogP contribution >= 0.6 is 12.2 Å². The van der Waals surface area contributed by atoms with E-state index in [-0.39, 0.29) is 0 Å². The Morgan fingerprint density at radius 1 is 1.41 bits per heavy atom. The average Bonchev–Trinajstić information content (AvgIpc) is 2.35. The average molecular weight is 245 g/mol. The van der Waals surface area contributed by atoms with Gasteiger partial charge in [-0.3, -0.25) is 4.98 Å². The van der Waals surface area contributed by atoms with Crippen molar-refractivity contribution in [3.63, 3.8) is 0 Å². The zero-order chi connectivity index (χ0) is 12.3. The third-order valence-electron chi connectivity index (χ3n) is 2.59. The summed E-state index contributed by atoms with van der Waals surface area (Å²) >= 11 is 5.06. The van der Waals surface area contributed by atoms with Gasteiger partial charge in [-0.05, 0) is 12.5 Å². The molecule has 0 aliphatic carbocycles. The second-order valence-corrected chi connectivity index (χ2v) is 4.29. The Balaban J connectivity index is 2.61. The molecule has 3 nitrogen and oxygen atoms in total. The highest BCUT2D eigenvalue weighted by atomic mass is 32.1. The number of rotatable bonds is 4.